The predicted molar refractivity (Wildman–Crippen MR) is 104 cm³/mol. The van der Waals surface area contributed by atoms with Gasteiger partial charge in [-0.15, -0.1) is 0 Å². The van der Waals surface area contributed by atoms with Crippen LogP contribution < -0.4 is 5.14 Å². The number of hydrogen-bond acceptors (Lipinski definition) is 5. The van der Waals surface area contributed by atoms with Crippen LogP contribution in [0.4, 0.5) is 13.2 Å². The second-order valence-electron chi connectivity index (χ2n) is 8.61. The van der Waals surface area contributed by atoms with Crippen LogP contribution in [0.5, 0.6) is 0 Å². The second-order valence-corrected chi connectivity index (χ2v) is 10.3. The van der Waals surface area contributed by atoms with Crippen LogP contribution >= 0.6 is 0 Å². The van der Waals surface area contributed by atoms with Crippen LogP contribution in [0, 0.1) is 5.82 Å². The third-order valence-corrected chi connectivity index (χ3v) is 6.52. The maximum atomic E-state index is 15.3. The summed E-state index contributed by atoms with van der Waals surface area (Å²) < 4.78 is 64.9. The van der Waals surface area contributed by atoms with E-state index in [1.807, 2.05) is 0 Å². The molecule has 0 bridgehead atoms. The number of nitrogens with two attached hydrogens (primary N) is 1. The first kappa shape index (κ1) is 24.3. The molecular weight excluding hydrogens is 423 g/mol. The van der Waals surface area contributed by atoms with Crippen LogP contribution in [0.25, 0.3) is 0 Å². The third kappa shape index (κ3) is 4.69. The normalized spacial score (nSPS) is 21.3. The Kier molecular flexibility index (Phi) is 6.73. The lowest BCUT2D eigenvalue weighted by molar-refractivity contribution is -0.253. The number of rotatable bonds is 8. The van der Waals surface area contributed by atoms with Gasteiger partial charge in [0.15, 0.2) is 0 Å². The van der Waals surface area contributed by atoms with E-state index >= 15 is 4.39 Å². The SMILES string of the molecule is CC1(C)OC(=O)C(F)(CC[C@](CF)(CC(C)(C)S(N)=O)c2ccccc2F)C(=O)O1. The Morgan fingerprint density at radius 1 is 1.13 bits per heavy atom. The van der Waals surface area contributed by atoms with Crippen molar-refractivity contribution in [3.8, 4) is 0 Å². The summed E-state index contributed by atoms with van der Waals surface area (Å²) in [6, 6.07) is 5.33. The first-order chi connectivity index (χ1) is 13.7. The van der Waals surface area contributed by atoms with E-state index in [1.165, 1.54) is 45.9 Å². The lowest BCUT2D eigenvalue weighted by Crippen LogP contribution is -2.56. The smallest absolute Gasteiger partial charge is 0.359 e. The molecule has 1 aliphatic heterocycles. The highest BCUT2D eigenvalue weighted by atomic mass is 32.2. The number of halogens is 3. The molecule has 168 valence electrons. The van der Waals surface area contributed by atoms with Gasteiger partial charge in [-0.3, -0.25) is 9.53 Å². The van der Waals surface area contributed by atoms with E-state index in [1.54, 1.807) is 0 Å². The van der Waals surface area contributed by atoms with E-state index in [9.17, 15) is 22.6 Å². The summed E-state index contributed by atoms with van der Waals surface area (Å²) in [4.78, 5) is 24.4. The van der Waals surface area contributed by atoms with Crippen molar-refractivity contribution in [2.45, 2.75) is 68.6 Å². The summed E-state index contributed by atoms with van der Waals surface area (Å²) in [6.07, 6.45) is -1.51. The van der Waals surface area contributed by atoms with Gasteiger partial charge in [0.1, 0.15) is 5.82 Å². The maximum Gasteiger partial charge on any atom is 0.359 e. The van der Waals surface area contributed by atoms with Gasteiger partial charge >= 0.3 is 17.6 Å². The Balaban J connectivity index is 2.46. The summed E-state index contributed by atoms with van der Waals surface area (Å²) in [5.74, 6) is -5.29. The topological polar surface area (TPSA) is 95.7 Å². The number of carbonyl (C=O) groups excluding carboxylic acids is 2. The highest BCUT2D eigenvalue weighted by Gasteiger charge is 2.58. The molecule has 2 N–H and O–H groups in total. The molecule has 0 aromatic heterocycles. The molecule has 1 heterocycles. The molecule has 2 atom stereocenters. The van der Waals surface area contributed by atoms with Gasteiger partial charge in [0, 0.05) is 25.7 Å². The van der Waals surface area contributed by atoms with Crippen molar-refractivity contribution in [3.63, 3.8) is 0 Å². The predicted octanol–water partition coefficient (Wildman–Crippen LogP) is 3.15. The molecule has 1 saturated heterocycles. The van der Waals surface area contributed by atoms with Gasteiger partial charge in [-0.25, -0.2) is 22.6 Å². The van der Waals surface area contributed by atoms with Gasteiger partial charge in [0.05, 0.1) is 22.4 Å². The van der Waals surface area contributed by atoms with E-state index in [0.29, 0.717) is 0 Å². The van der Waals surface area contributed by atoms with Crippen molar-refractivity contribution < 1.29 is 36.4 Å². The average Bonchev–Trinajstić information content (AvgIpc) is 2.63. The molecule has 0 amide bonds. The van der Waals surface area contributed by atoms with E-state index in [0.717, 1.165) is 6.07 Å². The molecule has 2 rings (SSSR count). The van der Waals surface area contributed by atoms with Crippen molar-refractivity contribution in [1.29, 1.82) is 0 Å². The van der Waals surface area contributed by atoms with Crippen molar-refractivity contribution >= 4 is 22.9 Å². The number of esters is 2. The summed E-state index contributed by atoms with van der Waals surface area (Å²) in [6.45, 7) is 4.38. The fourth-order valence-electron chi connectivity index (χ4n) is 3.61. The van der Waals surface area contributed by atoms with E-state index in [4.69, 9.17) is 14.6 Å². The van der Waals surface area contributed by atoms with Gasteiger partial charge in [-0.05, 0) is 38.3 Å². The van der Waals surface area contributed by atoms with Gasteiger partial charge in [0.2, 0.25) is 0 Å². The van der Waals surface area contributed by atoms with Crippen LogP contribution in [0.1, 0.15) is 52.5 Å². The van der Waals surface area contributed by atoms with Crippen molar-refractivity contribution in [2.75, 3.05) is 6.67 Å². The average molecular weight is 449 g/mol. The van der Waals surface area contributed by atoms with Gasteiger partial charge in [-0.1, -0.05) is 18.2 Å². The fraction of sp³-hybridized carbons (Fsp3) is 0.600. The van der Waals surface area contributed by atoms with E-state index in [2.05, 4.69) is 0 Å². The monoisotopic (exact) mass is 449 g/mol. The standard InChI is InChI=1S/C20H26F3NO5S/c1-17(2,30(24)27)11-19(12-21,13-7-5-6-8-14(13)22)9-10-20(23)15(25)28-18(3,4)29-16(20)26/h5-8H,9-12,24H2,1-4H3/t19-,30?/m1/s1. The van der Waals surface area contributed by atoms with Gasteiger partial charge < -0.3 is 9.47 Å². The zero-order valence-electron chi connectivity index (χ0n) is 17.3. The molecule has 0 aliphatic carbocycles. The molecule has 10 heteroatoms. The Hall–Kier alpha value is -1.94. The van der Waals surface area contributed by atoms with Crippen molar-refractivity contribution in [3.05, 3.63) is 35.6 Å². The first-order valence-corrected chi connectivity index (χ1v) is 10.5. The zero-order chi connectivity index (χ0) is 23.0. The maximum absolute atomic E-state index is 15.3. The number of hydrogen-bond donors (Lipinski definition) is 1. The number of cyclic esters (lactones) is 2. The highest BCUT2D eigenvalue weighted by Crippen LogP contribution is 2.43. The molecule has 1 aliphatic rings. The molecule has 1 aromatic rings. The minimum absolute atomic E-state index is 0.0903. The summed E-state index contributed by atoms with van der Waals surface area (Å²) >= 11 is 0. The van der Waals surface area contributed by atoms with E-state index < -0.39 is 69.9 Å². The third-order valence-electron chi connectivity index (χ3n) is 5.28. The molecule has 0 spiro atoms. The van der Waals surface area contributed by atoms with Crippen molar-refractivity contribution in [1.82, 2.24) is 0 Å². The minimum Gasteiger partial charge on any atom is -0.420 e. The Labute approximate surface area is 175 Å². The van der Waals surface area contributed by atoms with Gasteiger partial charge in [0.25, 0.3) is 5.79 Å². The minimum atomic E-state index is -3.17. The highest BCUT2D eigenvalue weighted by molar-refractivity contribution is 7.84. The molecular formula is C20H26F3NO5S. The Morgan fingerprint density at radius 2 is 1.67 bits per heavy atom. The fourth-order valence-corrected chi connectivity index (χ4v) is 4.03. The lowest BCUT2D eigenvalue weighted by atomic mass is 9.70. The molecule has 30 heavy (non-hydrogen) atoms. The largest absolute Gasteiger partial charge is 0.420 e. The number of alkyl halides is 2. The summed E-state index contributed by atoms with van der Waals surface area (Å²) in [5.41, 5.74) is -4.96. The lowest BCUT2D eigenvalue weighted by Gasteiger charge is -2.40. The van der Waals surface area contributed by atoms with Crippen LogP contribution in [0.15, 0.2) is 24.3 Å². The quantitative estimate of drug-likeness (QED) is 0.486. The molecule has 1 unspecified atom stereocenters. The van der Waals surface area contributed by atoms with Crippen LogP contribution in [-0.2, 0) is 35.5 Å². The zero-order valence-corrected chi connectivity index (χ0v) is 18.1. The molecule has 0 radical (unpaired) electrons. The van der Waals surface area contributed by atoms with Crippen LogP contribution in [0.2, 0.25) is 0 Å². The second kappa shape index (κ2) is 8.30. The number of carbonyl (C=O) groups is 2. The molecule has 0 saturated carbocycles. The number of benzene rings is 1. The summed E-state index contributed by atoms with van der Waals surface area (Å²) in [7, 11) is -1.91. The van der Waals surface area contributed by atoms with Crippen molar-refractivity contribution in [2.24, 2.45) is 5.14 Å². The number of ether oxygens (including phenoxy) is 2. The Morgan fingerprint density at radius 3 is 2.13 bits per heavy atom. The van der Waals surface area contributed by atoms with Gasteiger partial charge in [-0.2, -0.15) is 0 Å². The molecule has 6 nitrogen and oxygen atoms in total. The Bertz CT molecular complexity index is 841. The molecule has 1 aromatic carbocycles. The molecule has 1 fully saturated rings. The first-order valence-electron chi connectivity index (χ1n) is 9.32. The van der Waals surface area contributed by atoms with Crippen LogP contribution in [0.3, 0.4) is 0 Å². The summed E-state index contributed by atoms with van der Waals surface area (Å²) in [5, 5.41) is 5.52. The van der Waals surface area contributed by atoms with E-state index in [-0.39, 0.29) is 12.0 Å². The van der Waals surface area contributed by atoms with Crippen LogP contribution in [-0.4, -0.2) is 39.0 Å².